The predicted molar refractivity (Wildman–Crippen MR) is 80.1 cm³/mol. The van der Waals surface area contributed by atoms with Crippen LogP contribution in [0.25, 0.3) is 0 Å². The average Bonchev–Trinajstić information content (AvgIpc) is 2.36. The minimum absolute atomic E-state index is 0.0486. The van der Waals surface area contributed by atoms with E-state index in [0.29, 0.717) is 18.0 Å². The Bertz CT molecular complexity index is 460. The number of benzene rings is 1. The van der Waals surface area contributed by atoms with Crippen LogP contribution in [0.4, 0.5) is 10.1 Å². The monoisotopic (exact) mass is 281 g/mol. The molecule has 3 N–H and O–H groups in total. The number of halogens is 1. The fourth-order valence-corrected chi connectivity index (χ4v) is 2.00. The Morgan fingerprint density at radius 2 is 2.05 bits per heavy atom. The predicted octanol–water partition coefficient (Wildman–Crippen LogP) is 2.11. The number of anilines is 1. The molecule has 1 rings (SSSR count). The summed E-state index contributed by atoms with van der Waals surface area (Å²) in [5.74, 6) is -0.295. The lowest BCUT2D eigenvalue weighted by Gasteiger charge is -2.26. The zero-order valence-electron chi connectivity index (χ0n) is 12.6. The van der Waals surface area contributed by atoms with Crippen molar-refractivity contribution in [1.29, 1.82) is 0 Å². The number of nitrogens with one attached hydrogen (secondary N) is 1. The highest BCUT2D eigenvalue weighted by Crippen LogP contribution is 2.12. The van der Waals surface area contributed by atoms with Gasteiger partial charge >= 0.3 is 0 Å². The summed E-state index contributed by atoms with van der Waals surface area (Å²) in [6.07, 6.45) is 0.989. The lowest BCUT2D eigenvalue weighted by atomic mass is 10.0. The first kappa shape index (κ1) is 16.4. The molecule has 0 aliphatic heterocycles. The van der Waals surface area contributed by atoms with Crippen molar-refractivity contribution in [3.63, 3.8) is 0 Å². The van der Waals surface area contributed by atoms with Gasteiger partial charge in [0.1, 0.15) is 5.82 Å². The first-order chi connectivity index (χ1) is 9.31. The van der Waals surface area contributed by atoms with E-state index in [1.165, 1.54) is 12.1 Å². The molecule has 0 radical (unpaired) electrons. The third kappa shape index (κ3) is 4.81. The fraction of sp³-hybridized carbons (Fsp3) is 0.533. The van der Waals surface area contributed by atoms with Crippen LogP contribution in [0.15, 0.2) is 18.2 Å². The van der Waals surface area contributed by atoms with E-state index in [9.17, 15) is 9.18 Å². The third-order valence-electron chi connectivity index (χ3n) is 3.23. The number of hydrogen-bond donors (Lipinski definition) is 2. The van der Waals surface area contributed by atoms with E-state index in [1.54, 1.807) is 0 Å². The second-order valence-electron chi connectivity index (χ2n) is 5.69. The number of hydrogen-bond acceptors (Lipinski definition) is 3. The topological polar surface area (TPSA) is 58.4 Å². The number of nitrogens with two attached hydrogens (primary N) is 1. The maximum Gasteiger partial charge on any atom is 0.251 e. The molecule has 0 aromatic heterocycles. The summed E-state index contributed by atoms with van der Waals surface area (Å²) in [4.78, 5) is 14.1. The van der Waals surface area contributed by atoms with E-state index in [4.69, 9.17) is 5.73 Å². The number of carbonyl (C=O) groups excluding carboxylic acids is 1. The number of amides is 1. The minimum Gasteiger partial charge on any atom is -0.396 e. The highest BCUT2D eigenvalue weighted by atomic mass is 19.1. The summed E-state index contributed by atoms with van der Waals surface area (Å²) in [6.45, 7) is 4.83. The number of likely N-dealkylation sites (N-methyl/N-ethyl adjacent to an activating group) is 1. The minimum atomic E-state index is -0.566. The van der Waals surface area contributed by atoms with Gasteiger partial charge in [0, 0.05) is 18.2 Å². The fourth-order valence-electron chi connectivity index (χ4n) is 2.00. The van der Waals surface area contributed by atoms with Crippen LogP contribution < -0.4 is 11.1 Å². The van der Waals surface area contributed by atoms with E-state index in [0.717, 1.165) is 12.5 Å². The van der Waals surface area contributed by atoms with Crippen LogP contribution in [0.1, 0.15) is 30.6 Å². The molecule has 0 heterocycles. The summed E-state index contributed by atoms with van der Waals surface area (Å²) >= 11 is 0. The molecular formula is C15H24FN3O. The Morgan fingerprint density at radius 1 is 1.40 bits per heavy atom. The summed E-state index contributed by atoms with van der Waals surface area (Å²) in [6, 6.07) is 4.36. The number of nitrogen functional groups attached to an aromatic ring is 1. The maximum absolute atomic E-state index is 13.3. The molecule has 0 saturated heterocycles. The summed E-state index contributed by atoms with van der Waals surface area (Å²) in [5, 5.41) is 2.84. The van der Waals surface area contributed by atoms with Crippen LogP contribution in [0.5, 0.6) is 0 Å². The highest BCUT2D eigenvalue weighted by molar-refractivity contribution is 5.94. The molecule has 1 aromatic carbocycles. The van der Waals surface area contributed by atoms with Crippen molar-refractivity contribution in [3.8, 4) is 0 Å². The van der Waals surface area contributed by atoms with E-state index >= 15 is 0 Å². The first-order valence-electron chi connectivity index (χ1n) is 6.81. The molecule has 0 saturated carbocycles. The Kier molecular flexibility index (Phi) is 5.95. The molecule has 0 spiro atoms. The quantitative estimate of drug-likeness (QED) is 0.785. The van der Waals surface area contributed by atoms with Crippen molar-refractivity contribution >= 4 is 11.6 Å². The standard InChI is InChI=1S/C15H24FN3O/c1-10(2)7-12(19(3)4)9-18-15(20)11-5-6-14(17)13(16)8-11/h5-6,8,10,12H,7,9,17H2,1-4H3,(H,18,20). The van der Waals surface area contributed by atoms with Crippen molar-refractivity contribution in [2.45, 2.75) is 26.3 Å². The maximum atomic E-state index is 13.3. The molecular weight excluding hydrogens is 257 g/mol. The van der Waals surface area contributed by atoms with Gasteiger partial charge in [-0.25, -0.2) is 4.39 Å². The van der Waals surface area contributed by atoms with Gasteiger partial charge in [-0.1, -0.05) is 13.8 Å². The third-order valence-corrected chi connectivity index (χ3v) is 3.23. The smallest absolute Gasteiger partial charge is 0.251 e. The lowest BCUT2D eigenvalue weighted by molar-refractivity contribution is 0.0938. The molecule has 1 atom stereocenters. The Morgan fingerprint density at radius 3 is 2.55 bits per heavy atom. The lowest BCUT2D eigenvalue weighted by Crippen LogP contribution is -2.41. The second kappa shape index (κ2) is 7.24. The van der Waals surface area contributed by atoms with Gasteiger partial charge in [0.05, 0.1) is 5.69 Å². The molecule has 0 fully saturated rings. The van der Waals surface area contributed by atoms with E-state index < -0.39 is 5.82 Å². The van der Waals surface area contributed by atoms with Gasteiger partial charge < -0.3 is 16.0 Å². The molecule has 1 unspecified atom stereocenters. The van der Waals surface area contributed by atoms with Crippen molar-refractivity contribution < 1.29 is 9.18 Å². The van der Waals surface area contributed by atoms with Gasteiger partial charge in [0.2, 0.25) is 0 Å². The van der Waals surface area contributed by atoms with Gasteiger partial charge in [0.15, 0.2) is 0 Å². The van der Waals surface area contributed by atoms with Crippen LogP contribution in [0, 0.1) is 11.7 Å². The van der Waals surface area contributed by atoms with E-state index in [1.807, 2.05) is 14.1 Å². The zero-order valence-corrected chi connectivity index (χ0v) is 12.6. The van der Waals surface area contributed by atoms with Crippen molar-refractivity contribution in [1.82, 2.24) is 10.2 Å². The van der Waals surface area contributed by atoms with Gasteiger partial charge in [-0.2, -0.15) is 0 Å². The molecule has 0 aliphatic rings. The van der Waals surface area contributed by atoms with Crippen molar-refractivity contribution in [2.75, 3.05) is 26.4 Å². The Hall–Kier alpha value is -1.62. The molecule has 5 heteroatoms. The molecule has 1 amide bonds. The van der Waals surface area contributed by atoms with E-state index in [-0.39, 0.29) is 17.6 Å². The van der Waals surface area contributed by atoms with Crippen LogP contribution in [-0.4, -0.2) is 37.5 Å². The Labute approximate surface area is 120 Å². The van der Waals surface area contributed by atoms with Crippen LogP contribution in [0.2, 0.25) is 0 Å². The molecule has 0 aliphatic carbocycles. The number of rotatable bonds is 6. The molecule has 1 aromatic rings. The van der Waals surface area contributed by atoms with Crippen LogP contribution >= 0.6 is 0 Å². The van der Waals surface area contributed by atoms with Gasteiger partial charge in [-0.05, 0) is 44.6 Å². The Balaban J connectivity index is 2.63. The molecule has 0 bridgehead atoms. The SMILES string of the molecule is CC(C)CC(CNC(=O)c1ccc(N)c(F)c1)N(C)C. The largest absolute Gasteiger partial charge is 0.396 e. The second-order valence-corrected chi connectivity index (χ2v) is 5.69. The number of carbonyl (C=O) groups is 1. The average molecular weight is 281 g/mol. The van der Waals surface area contributed by atoms with Gasteiger partial charge in [-0.3, -0.25) is 4.79 Å². The summed E-state index contributed by atoms with van der Waals surface area (Å²) < 4.78 is 13.3. The molecule has 4 nitrogen and oxygen atoms in total. The van der Waals surface area contributed by atoms with Crippen molar-refractivity contribution in [3.05, 3.63) is 29.6 Å². The van der Waals surface area contributed by atoms with Crippen molar-refractivity contribution in [2.24, 2.45) is 5.92 Å². The first-order valence-corrected chi connectivity index (χ1v) is 6.81. The summed E-state index contributed by atoms with van der Waals surface area (Å²) in [5.41, 5.74) is 5.73. The molecule has 112 valence electrons. The highest BCUT2D eigenvalue weighted by Gasteiger charge is 2.15. The normalized spacial score (nSPS) is 12.8. The van der Waals surface area contributed by atoms with E-state index in [2.05, 4.69) is 24.1 Å². The van der Waals surface area contributed by atoms with Gasteiger partial charge in [0.25, 0.3) is 5.91 Å². The zero-order chi connectivity index (χ0) is 15.3. The van der Waals surface area contributed by atoms with Gasteiger partial charge in [-0.15, -0.1) is 0 Å². The number of nitrogens with zero attached hydrogens (tertiary/aromatic N) is 1. The summed E-state index contributed by atoms with van der Waals surface area (Å²) in [7, 11) is 3.98. The van der Waals surface area contributed by atoms with Crippen LogP contribution in [-0.2, 0) is 0 Å². The van der Waals surface area contributed by atoms with Crippen LogP contribution in [0.3, 0.4) is 0 Å². The molecule has 20 heavy (non-hydrogen) atoms.